The highest BCUT2D eigenvalue weighted by Gasteiger charge is 2.26. The molecule has 0 radical (unpaired) electrons. The molecule has 1 unspecified atom stereocenters. The molecule has 0 saturated carbocycles. The minimum absolute atomic E-state index is 0.230. The van der Waals surface area contributed by atoms with Gasteiger partial charge in [0.25, 0.3) is 5.56 Å². The Morgan fingerprint density at radius 2 is 1.71 bits per heavy atom. The van der Waals surface area contributed by atoms with Gasteiger partial charge in [0.05, 0.1) is 33.3 Å². The Labute approximate surface area is 211 Å². The van der Waals surface area contributed by atoms with E-state index in [4.69, 9.17) is 39.8 Å². The normalized spacial score (nSPS) is 11.9. The van der Waals surface area contributed by atoms with Crippen molar-refractivity contribution < 1.29 is 4.79 Å². The third-order valence-corrected chi connectivity index (χ3v) is 6.30. The summed E-state index contributed by atoms with van der Waals surface area (Å²) in [6.07, 6.45) is 0. The van der Waals surface area contributed by atoms with Crippen LogP contribution in [-0.4, -0.2) is 27.0 Å². The largest absolute Gasteiger partial charge is 0.322 e. The average molecular weight is 516 g/mol. The predicted octanol–water partition coefficient (Wildman–Crippen LogP) is 6.96. The number of rotatable bonds is 5. The fraction of sp³-hybridized carbons (Fsp3) is 0.160. The van der Waals surface area contributed by atoms with Gasteiger partial charge < -0.3 is 10.2 Å². The van der Waals surface area contributed by atoms with Crippen molar-refractivity contribution in [2.45, 2.75) is 19.9 Å². The molecule has 34 heavy (non-hydrogen) atoms. The first-order chi connectivity index (χ1) is 16.3. The van der Waals surface area contributed by atoms with E-state index in [1.807, 2.05) is 19.9 Å². The fourth-order valence-electron chi connectivity index (χ4n) is 3.78. The van der Waals surface area contributed by atoms with Crippen LogP contribution in [0, 0.1) is 0 Å². The van der Waals surface area contributed by atoms with E-state index in [1.54, 1.807) is 65.6 Å². The van der Waals surface area contributed by atoms with Gasteiger partial charge in [-0.1, -0.05) is 46.9 Å². The van der Waals surface area contributed by atoms with E-state index in [2.05, 4.69) is 5.32 Å². The van der Waals surface area contributed by atoms with Crippen molar-refractivity contribution in [2.75, 3.05) is 11.9 Å². The average Bonchev–Trinajstić information content (AvgIpc) is 2.82. The monoisotopic (exact) mass is 514 g/mol. The van der Waals surface area contributed by atoms with Gasteiger partial charge in [0.15, 0.2) is 0 Å². The van der Waals surface area contributed by atoms with E-state index in [0.29, 0.717) is 49.7 Å². The summed E-state index contributed by atoms with van der Waals surface area (Å²) >= 11 is 18.3. The molecule has 0 aliphatic heterocycles. The van der Waals surface area contributed by atoms with Gasteiger partial charge in [0.1, 0.15) is 5.82 Å². The number of nitrogens with one attached hydrogen (secondary N) is 1. The molecular formula is C25H21Cl3N4O2. The quantitative estimate of drug-likeness (QED) is 0.312. The molecule has 3 aromatic carbocycles. The second-order valence-corrected chi connectivity index (χ2v) is 8.90. The van der Waals surface area contributed by atoms with Crippen molar-refractivity contribution >= 4 is 57.4 Å². The number of aromatic nitrogens is 2. The number of para-hydroxylation sites is 1. The Bertz CT molecular complexity index is 1420. The zero-order chi connectivity index (χ0) is 24.4. The fourth-order valence-corrected chi connectivity index (χ4v) is 4.36. The standard InChI is InChI=1S/C25H21Cl3N4O2/c1-3-31(25(34)30-22-13-10-17(27)14-20(22)28)15(2)23-29-21-7-5-4-6-19(21)24(33)32(23)18-11-8-16(26)9-12-18/h4-15H,3H2,1-2H3,(H,30,34). The number of urea groups is 1. The molecule has 6 nitrogen and oxygen atoms in total. The van der Waals surface area contributed by atoms with Crippen LogP contribution in [0.3, 0.4) is 0 Å². The molecule has 0 aliphatic carbocycles. The number of fused-ring (bicyclic) bond motifs is 1. The van der Waals surface area contributed by atoms with Gasteiger partial charge in [0.2, 0.25) is 0 Å². The van der Waals surface area contributed by atoms with E-state index in [-0.39, 0.29) is 11.6 Å². The van der Waals surface area contributed by atoms with Crippen LogP contribution >= 0.6 is 34.8 Å². The number of halogens is 3. The van der Waals surface area contributed by atoms with Crippen LogP contribution in [0.4, 0.5) is 10.5 Å². The maximum Gasteiger partial charge on any atom is 0.322 e. The smallest absolute Gasteiger partial charge is 0.315 e. The first-order valence-electron chi connectivity index (χ1n) is 10.6. The summed E-state index contributed by atoms with van der Waals surface area (Å²) in [6.45, 7) is 4.04. The summed E-state index contributed by atoms with van der Waals surface area (Å²) in [5, 5.41) is 4.65. The molecule has 1 aromatic heterocycles. The van der Waals surface area contributed by atoms with E-state index < -0.39 is 6.04 Å². The van der Waals surface area contributed by atoms with Crippen molar-refractivity contribution in [3.05, 3.63) is 98.0 Å². The van der Waals surface area contributed by atoms with Crippen LogP contribution in [0.15, 0.2) is 71.5 Å². The van der Waals surface area contributed by atoms with Gasteiger partial charge in [0, 0.05) is 16.6 Å². The lowest BCUT2D eigenvalue weighted by atomic mass is 10.2. The summed E-state index contributed by atoms with van der Waals surface area (Å²) in [7, 11) is 0. The summed E-state index contributed by atoms with van der Waals surface area (Å²) in [6, 6.07) is 18.0. The molecule has 0 saturated heterocycles. The molecule has 9 heteroatoms. The number of hydrogen-bond acceptors (Lipinski definition) is 3. The Kier molecular flexibility index (Phi) is 7.12. The van der Waals surface area contributed by atoms with E-state index in [1.165, 1.54) is 4.57 Å². The molecule has 4 rings (SSSR count). The van der Waals surface area contributed by atoms with Crippen molar-refractivity contribution in [3.63, 3.8) is 0 Å². The molecular weight excluding hydrogens is 495 g/mol. The molecule has 1 heterocycles. The zero-order valence-corrected chi connectivity index (χ0v) is 20.7. The summed E-state index contributed by atoms with van der Waals surface area (Å²) in [4.78, 5) is 33.1. The van der Waals surface area contributed by atoms with Gasteiger partial charge in [-0.05, 0) is 68.4 Å². The lowest BCUT2D eigenvalue weighted by molar-refractivity contribution is 0.193. The minimum Gasteiger partial charge on any atom is -0.315 e. The first-order valence-corrected chi connectivity index (χ1v) is 11.7. The maximum absolute atomic E-state index is 13.5. The number of nitrogens with zero attached hydrogens (tertiary/aromatic N) is 3. The van der Waals surface area contributed by atoms with Crippen molar-refractivity contribution in [1.29, 1.82) is 0 Å². The van der Waals surface area contributed by atoms with Crippen molar-refractivity contribution in [2.24, 2.45) is 0 Å². The van der Waals surface area contributed by atoms with Crippen LogP contribution in [0.2, 0.25) is 15.1 Å². The third-order valence-electron chi connectivity index (χ3n) is 5.50. The van der Waals surface area contributed by atoms with Gasteiger partial charge in [-0.2, -0.15) is 0 Å². The third kappa shape index (κ3) is 4.75. The van der Waals surface area contributed by atoms with Crippen LogP contribution in [0.1, 0.15) is 25.7 Å². The van der Waals surface area contributed by atoms with Crippen molar-refractivity contribution in [1.82, 2.24) is 14.5 Å². The van der Waals surface area contributed by atoms with Gasteiger partial charge >= 0.3 is 6.03 Å². The van der Waals surface area contributed by atoms with Gasteiger partial charge in [-0.3, -0.25) is 9.36 Å². The lowest BCUT2D eigenvalue weighted by Crippen LogP contribution is -2.39. The lowest BCUT2D eigenvalue weighted by Gasteiger charge is -2.29. The zero-order valence-electron chi connectivity index (χ0n) is 18.4. The first kappa shape index (κ1) is 24.1. The summed E-state index contributed by atoms with van der Waals surface area (Å²) in [5.74, 6) is 0.422. The summed E-state index contributed by atoms with van der Waals surface area (Å²) < 4.78 is 1.52. The van der Waals surface area contributed by atoms with Gasteiger partial charge in [-0.15, -0.1) is 0 Å². The Morgan fingerprint density at radius 3 is 2.38 bits per heavy atom. The number of anilines is 1. The topological polar surface area (TPSA) is 67.2 Å². The molecule has 1 N–H and O–H groups in total. The second kappa shape index (κ2) is 10.1. The summed E-state index contributed by atoms with van der Waals surface area (Å²) in [5.41, 5.74) is 1.36. The van der Waals surface area contributed by atoms with Crippen LogP contribution in [0.5, 0.6) is 0 Å². The molecule has 0 spiro atoms. The molecule has 2 amide bonds. The Balaban J connectivity index is 1.80. The number of benzene rings is 3. The van der Waals surface area contributed by atoms with Crippen LogP contribution < -0.4 is 10.9 Å². The van der Waals surface area contributed by atoms with E-state index >= 15 is 0 Å². The SMILES string of the molecule is CCN(C(=O)Nc1ccc(Cl)cc1Cl)C(C)c1nc2ccccc2c(=O)n1-c1ccc(Cl)cc1. The molecule has 0 aliphatic rings. The predicted molar refractivity (Wildman–Crippen MR) is 139 cm³/mol. The molecule has 0 fully saturated rings. The minimum atomic E-state index is -0.552. The number of amides is 2. The highest BCUT2D eigenvalue weighted by molar-refractivity contribution is 6.36. The van der Waals surface area contributed by atoms with E-state index in [9.17, 15) is 9.59 Å². The van der Waals surface area contributed by atoms with Gasteiger partial charge in [-0.25, -0.2) is 9.78 Å². The molecule has 174 valence electrons. The van der Waals surface area contributed by atoms with Crippen LogP contribution in [0.25, 0.3) is 16.6 Å². The molecule has 0 bridgehead atoms. The molecule has 1 atom stereocenters. The molecule has 4 aromatic rings. The van der Waals surface area contributed by atoms with Crippen LogP contribution in [-0.2, 0) is 0 Å². The number of carbonyl (C=O) groups excluding carboxylic acids is 1. The highest BCUT2D eigenvalue weighted by Crippen LogP contribution is 2.28. The Hall–Kier alpha value is -3.06. The maximum atomic E-state index is 13.5. The van der Waals surface area contributed by atoms with E-state index in [0.717, 1.165) is 0 Å². The highest BCUT2D eigenvalue weighted by atomic mass is 35.5. The number of hydrogen-bond donors (Lipinski definition) is 1. The number of carbonyl (C=O) groups is 1. The second-order valence-electron chi connectivity index (χ2n) is 7.62. The Morgan fingerprint density at radius 1 is 1.03 bits per heavy atom. The van der Waals surface area contributed by atoms with Crippen molar-refractivity contribution in [3.8, 4) is 5.69 Å².